The van der Waals surface area contributed by atoms with Crippen molar-refractivity contribution in [1.29, 1.82) is 0 Å². The van der Waals surface area contributed by atoms with Crippen LogP contribution in [0.4, 0.5) is 32.0 Å². The molecule has 0 fully saturated rings. The lowest BCUT2D eigenvalue weighted by Gasteiger charge is -2.15. The summed E-state index contributed by atoms with van der Waals surface area (Å²) in [5, 5.41) is 1.93. The maximum atomic E-state index is 12.9. The number of amides is 1. The predicted molar refractivity (Wildman–Crippen MR) is 96.2 cm³/mol. The van der Waals surface area contributed by atoms with Gasteiger partial charge < -0.3 is 5.32 Å². The molecule has 0 aliphatic heterocycles. The molecule has 0 bridgehead atoms. The molecule has 0 radical (unpaired) electrons. The van der Waals surface area contributed by atoms with Crippen LogP contribution in [0.5, 0.6) is 0 Å². The molecule has 0 heterocycles. The van der Waals surface area contributed by atoms with Crippen LogP contribution < -0.4 is 10.0 Å². The van der Waals surface area contributed by atoms with E-state index in [1.165, 1.54) is 12.1 Å². The predicted octanol–water partition coefficient (Wildman–Crippen LogP) is 4.44. The highest BCUT2D eigenvalue weighted by molar-refractivity contribution is 7.89. The van der Waals surface area contributed by atoms with Gasteiger partial charge in [-0.3, -0.25) is 4.79 Å². The smallest absolute Gasteiger partial charge is 0.322 e. The summed E-state index contributed by atoms with van der Waals surface area (Å²) in [6, 6.07) is 5.06. The van der Waals surface area contributed by atoms with E-state index in [1.54, 1.807) is 0 Å². The van der Waals surface area contributed by atoms with E-state index in [9.17, 15) is 39.6 Å². The highest BCUT2D eigenvalue weighted by Gasteiger charge is 2.37. The Morgan fingerprint density at radius 2 is 1.53 bits per heavy atom. The van der Waals surface area contributed by atoms with Crippen LogP contribution in [0.25, 0.3) is 0 Å². The molecule has 2 aromatic rings. The number of rotatable bonds is 6. The van der Waals surface area contributed by atoms with Crippen molar-refractivity contribution in [3.8, 4) is 0 Å². The van der Waals surface area contributed by atoms with Crippen molar-refractivity contribution in [2.24, 2.45) is 0 Å². The van der Waals surface area contributed by atoms with E-state index in [0.717, 1.165) is 18.2 Å². The number of alkyl halides is 6. The molecular weight excluding hydrogens is 438 g/mol. The SMILES string of the molecule is C=CCNS(=O)(=O)c1cccc(C(=O)Nc2cc(C(F)(F)F)cc(C(F)(F)F)c2)c1. The molecule has 0 aliphatic rings. The molecule has 0 aliphatic carbocycles. The highest BCUT2D eigenvalue weighted by Crippen LogP contribution is 2.37. The van der Waals surface area contributed by atoms with Gasteiger partial charge in [0.15, 0.2) is 0 Å². The number of carbonyl (C=O) groups is 1. The van der Waals surface area contributed by atoms with Gasteiger partial charge in [0.1, 0.15) is 0 Å². The normalized spacial score (nSPS) is 12.5. The summed E-state index contributed by atoms with van der Waals surface area (Å²) in [4.78, 5) is 12.0. The topological polar surface area (TPSA) is 75.3 Å². The third kappa shape index (κ3) is 5.83. The number of sulfonamides is 1. The first-order chi connectivity index (χ1) is 13.7. The maximum Gasteiger partial charge on any atom is 0.416 e. The minimum absolute atomic E-state index is 0.0753. The van der Waals surface area contributed by atoms with Crippen molar-refractivity contribution in [2.45, 2.75) is 17.2 Å². The summed E-state index contributed by atoms with van der Waals surface area (Å²) < 4.78 is 104. The maximum absolute atomic E-state index is 12.9. The van der Waals surface area contributed by atoms with Crippen molar-refractivity contribution >= 4 is 21.6 Å². The zero-order valence-corrected chi connectivity index (χ0v) is 15.8. The van der Waals surface area contributed by atoms with Crippen molar-refractivity contribution in [3.05, 3.63) is 71.8 Å². The van der Waals surface area contributed by atoms with E-state index < -0.39 is 45.1 Å². The van der Waals surface area contributed by atoms with Crippen LogP contribution in [-0.2, 0) is 22.4 Å². The lowest BCUT2D eigenvalue weighted by molar-refractivity contribution is -0.143. The Morgan fingerprint density at radius 1 is 0.967 bits per heavy atom. The van der Waals surface area contributed by atoms with Crippen LogP contribution in [0.15, 0.2) is 60.0 Å². The molecule has 0 unspecified atom stereocenters. The van der Waals surface area contributed by atoms with Gasteiger partial charge in [0, 0.05) is 17.8 Å². The number of hydrogen-bond acceptors (Lipinski definition) is 3. The summed E-state index contributed by atoms with van der Waals surface area (Å²) >= 11 is 0. The zero-order valence-electron chi connectivity index (χ0n) is 14.9. The number of hydrogen-bond donors (Lipinski definition) is 2. The first-order valence-corrected chi connectivity index (χ1v) is 9.54. The van der Waals surface area contributed by atoms with E-state index in [-0.39, 0.29) is 23.1 Å². The van der Waals surface area contributed by atoms with Crippen molar-refractivity contribution in [2.75, 3.05) is 11.9 Å². The number of halogens is 6. The van der Waals surface area contributed by atoms with Crippen LogP contribution >= 0.6 is 0 Å². The summed E-state index contributed by atoms with van der Waals surface area (Å²) in [5.74, 6) is -1.09. The van der Waals surface area contributed by atoms with Crippen LogP contribution in [0.3, 0.4) is 0 Å². The summed E-state index contributed by atoms with van der Waals surface area (Å²) in [6.07, 6.45) is -8.88. The number of benzene rings is 2. The lowest BCUT2D eigenvalue weighted by atomic mass is 10.1. The van der Waals surface area contributed by atoms with Gasteiger partial charge in [-0.05, 0) is 36.4 Å². The van der Waals surface area contributed by atoms with Crippen LogP contribution in [-0.4, -0.2) is 20.9 Å². The third-order valence-corrected chi connectivity index (χ3v) is 5.09. The molecule has 1 amide bonds. The molecule has 0 saturated heterocycles. The molecule has 0 saturated carbocycles. The quantitative estimate of drug-likeness (QED) is 0.503. The second kappa shape index (κ2) is 8.48. The first kappa shape index (κ1) is 23.4. The van der Waals surface area contributed by atoms with Crippen LogP contribution in [0.1, 0.15) is 21.5 Å². The Bertz CT molecular complexity index is 1030. The fraction of sp³-hybridized carbons (Fsp3) is 0.167. The molecule has 2 aromatic carbocycles. The molecule has 0 aromatic heterocycles. The first-order valence-electron chi connectivity index (χ1n) is 8.05. The minimum Gasteiger partial charge on any atom is -0.322 e. The molecule has 30 heavy (non-hydrogen) atoms. The van der Waals surface area contributed by atoms with Crippen molar-refractivity contribution < 1.29 is 39.6 Å². The molecular formula is C18H14F6N2O3S. The molecule has 0 atom stereocenters. The van der Waals surface area contributed by atoms with Gasteiger partial charge in [-0.1, -0.05) is 12.1 Å². The molecule has 162 valence electrons. The largest absolute Gasteiger partial charge is 0.416 e. The van der Waals surface area contributed by atoms with Gasteiger partial charge >= 0.3 is 12.4 Å². The van der Waals surface area contributed by atoms with Crippen molar-refractivity contribution in [1.82, 2.24) is 4.72 Å². The fourth-order valence-corrected chi connectivity index (χ4v) is 3.33. The van der Waals surface area contributed by atoms with Crippen LogP contribution in [0.2, 0.25) is 0 Å². The molecule has 2 N–H and O–H groups in total. The Morgan fingerprint density at radius 3 is 2.03 bits per heavy atom. The van der Waals surface area contributed by atoms with E-state index in [1.807, 2.05) is 5.32 Å². The Balaban J connectivity index is 2.39. The van der Waals surface area contributed by atoms with Gasteiger partial charge in [0.2, 0.25) is 10.0 Å². The fourth-order valence-electron chi connectivity index (χ4n) is 2.29. The molecule has 0 spiro atoms. The Kier molecular flexibility index (Phi) is 6.62. The van der Waals surface area contributed by atoms with Gasteiger partial charge in [0.25, 0.3) is 5.91 Å². The average Bonchev–Trinajstić information content (AvgIpc) is 2.65. The zero-order chi connectivity index (χ0) is 22.7. The van der Waals surface area contributed by atoms with Gasteiger partial charge in [0.05, 0.1) is 16.0 Å². The van der Waals surface area contributed by atoms with E-state index in [0.29, 0.717) is 12.1 Å². The lowest BCUT2D eigenvalue weighted by Crippen LogP contribution is -2.24. The van der Waals surface area contributed by atoms with Crippen LogP contribution in [0, 0.1) is 0 Å². The van der Waals surface area contributed by atoms with Gasteiger partial charge in [-0.15, -0.1) is 6.58 Å². The number of carbonyl (C=O) groups excluding carboxylic acids is 1. The van der Waals surface area contributed by atoms with Crippen molar-refractivity contribution in [3.63, 3.8) is 0 Å². The third-order valence-electron chi connectivity index (χ3n) is 3.67. The average molecular weight is 452 g/mol. The van der Waals surface area contributed by atoms with Gasteiger partial charge in [-0.25, -0.2) is 13.1 Å². The Labute approximate surface area is 167 Å². The van der Waals surface area contributed by atoms with E-state index in [2.05, 4.69) is 11.3 Å². The molecule has 12 heteroatoms. The minimum atomic E-state index is -5.08. The summed E-state index contributed by atoms with van der Waals surface area (Å²) in [7, 11) is -4.00. The number of anilines is 1. The Hall–Kier alpha value is -2.86. The number of nitrogens with one attached hydrogen (secondary N) is 2. The van der Waals surface area contributed by atoms with E-state index in [4.69, 9.17) is 0 Å². The van der Waals surface area contributed by atoms with Gasteiger partial charge in [-0.2, -0.15) is 26.3 Å². The molecule has 5 nitrogen and oxygen atoms in total. The second-order valence-electron chi connectivity index (χ2n) is 5.92. The standard InChI is InChI=1S/C18H14F6N2O3S/c1-2-6-25-30(28,29)15-5-3-4-11(7-15)16(27)26-14-9-12(17(19,20)21)8-13(10-14)18(22,23)24/h2-5,7-10,25H,1,6H2,(H,26,27). The van der Waals surface area contributed by atoms with E-state index >= 15 is 0 Å². The monoisotopic (exact) mass is 452 g/mol. The summed E-state index contributed by atoms with van der Waals surface area (Å²) in [5.41, 5.74) is -4.24. The second-order valence-corrected chi connectivity index (χ2v) is 7.68. The summed E-state index contributed by atoms with van der Waals surface area (Å²) in [6.45, 7) is 3.25. The highest BCUT2D eigenvalue weighted by atomic mass is 32.2. The molecule has 2 rings (SSSR count).